The molecule has 1 fully saturated rings. The molecule has 0 spiro atoms. The first-order valence-corrected chi connectivity index (χ1v) is 8.66. The first-order chi connectivity index (χ1) is 12.5. The van der Waals surface area contributed by atoms with E-state index in [4.69, 9.17) is 4.74 Å². The molecule has 0 radical (unpaired) electrons. The van der Waals surface area contributed by atoms with E-state index in [0.29, 0.717) is 17.0 Å². The van der Waals surface area contributed by atoms with Crippen LogP contribution >= 0.6 is 0 Å². The van der Waals surface area contributed by atoms with Gasteiger partial charge in [-0.05, 0) is 56.2 Å². The molecule has 5 nitrogen and oxygen atoms in total. The van der Waals surface area contributed by atoms with E-state index in [2.05, 4.69) is 5.32 Å². The average Bonchev–Trinajstić information content (AvgIpc) is 3.18. The van der Waals surface area contributed by atoms with Crippen LogP contribution in [0, 0.1) is 5.82 Å². The van der Waals surface area contributed by atoms with E-state index in [1.807, 2.05) is 0 Å². The van der Waals surface area contributed by atoms with E-state index in [1.165, 1.54) is 24.3 Å². The van der Waals surface area contributed by atoms with Gasteiger partial charge in [0.2, 0.25) is 0 Å². The zero-order chi connectivity index (χ0) is 18.5. The number of benzene rings is 2. The summed E-state index contributed by atoms with van der Waals surface area (Å²) in [6, 6.07) is 12.4. The Morgan fingerprint density at radius 3 is 2.42 bits per heavy atom. The largest absolute Gasteiger partial charge is 0.481 e. The van der Waals surface area contributed by atoms with Crippen LogP contribution in [0.5, 0.6) is 5.75 Å². The number of carbonyl (C=O) groups excluding carboxylic acids is 2. The van der Waals surface area contributed by atoms with Crippen molar-refractivity contribution in [1.29, 1.82) is 0 Å². The van der Waals surface area contributed by atoms with Crippen LogP contribution in [-0.4, -0.2) is 35.9 Å². The highest BCUT2D eigenvalue weighted by molar-refractivity contribution is 6.04. The molecule has 1 aliphatic rings. The SMILES string of the molecule is CC(Oc1ccc(F)cc1)C(=O)Nc1ccccc1C(=O)N1CCCC1. The number of rotatable bonds is 5. The van der Waals surface area contributed by atoms with Crippen LogP contribution < -0.4 is 10.1 Å². The van der Waals surface area contributed by atoms with Gasteiger partial charge in [0.25, 0.3) is 11.8 Å². The molecule has 0 aromatic heterocycles. The molecule has 1 saturated heterocycles. The lowest BCUT2D eigenvalue weighted by molar-refractivity contribution is -0.122. The van der Waals surface area contributed by atoms with Crippen molar-refractivity contribution in [3.63, 3.8) is 0 Å². The zero-order valence-corrected chi connectivity index (χ0v) is 14.6. The summed E-state index contributed by atoms with van der Waals surface area (Å²) in [6.07, 6.45) is 1.21. The van der Waals surface area contributed by atoms with Crippen LogP contribution in [0.1, 0.15) is 30.1 Å². The molecule has 1 heterocycles. The van der Waals surface area contributed by atoms with Crippen LogP contribution in [0.15, 0.2) is 48.5 Å². The summed E-state index contributed by atoms with van der Waals surface area (Å²) in [5.41, 5.74) is 0.931. The van der Waals surface area contributed by atoms with Crippen LogP contribution in [0.4, 0.5) is 10.1 Å². The Balaban J connectivity index is 1.68. The van der Waals surface area contributed by atoms with Crippen molar-refractivity contribution in [2.75, 3.05) is 18.4 Å². The highest BCUT2D eigenvalue weighted by Crippen LogP contribution is 2.21. The van der Waals surface area contributed by atoms with Gasteiger partial charge in [0, 0.05) is 13.1 Å². The molecule has 136 valence electrons. The summed E-state index contributed by atoms with van der Waals surface area (Å²) >= 11 is 0. The normalized spacial score (nSPS) is 14.8. The third-order valence-electron chi connectivity index (χ3n) is 4.30. The molecule has 2 aromatic rings. The molecular formula is C20H21FN2O3. The number of ether oxygens (including phenoxy) is 1. The number of nitrogens with zero attached hydrogens (tertiary/aromatic N) is 1. The zero-order valence-electron chi connectivity index (χ0n) is 14.6. The van der Waals surface area contributed by atoms with Gasteiger partial charge in [0.05, 0.1) is 11.3 Å². The maximum Gasteiger partial charge on any atom is 0.265 e. The summed E-state index contributed by atoms with van der Waals surface area (Å²) in [4.78, 5) is 26.9. The quantitative estimate of drug-likeness (QED) is 0.892. The molecular weight excluding hydrogens is 335 g/mol. The van der Waals surface area contributed by atoms with Crippen molar-refractivity contribution in [2.24, 2.45) is 0 Å². The molecule has 1 N–H and O–H groups in total. The molecule has 1 aliphatic heterocycles. The molecule has 1 atom stereocenters. The molecule has 2 amide bonds. The summed E-state index contributed by atoms with van der Waals surface area (Å²) < 4.78 is 18.5. The fraction of sp³-hybridized carbons (Fsp3) is 0.300. The Hall–Kier alpha value is -2.89. The van der Waals surface area contributed by atoms with E-state index >= 15 is 0 Å². The lowest BCUT2D eigenvalue weighted by Crippen LogP contribution is -2.32. The number of halogens is 1. The van der Waals surface area contributed by atoms with Gasteiger partial charge in [-0.25, -0.2) is 4.39 Å². The Kier molecular flexibility index (Phi) is 5.51. The van der Waals surface area contributed by atoms with Gasteiger partial charge in [-0.3, -0.25) is 9.59 Å². The lowest BCUT2D eigenvalue weighted by Gasteiger charge is -2.19. The maximum atomic E-state index is 12.9. The van der Waals surface area contributed by atoms with E-state index in [9.17, 15) is 14.0 Å². The van der Waals surface area contributed by atoms with Crippen molar-refractivity contribution in [1.82, 2.24) is 4.90 Å². The first-order valence-electron chi connectivity index (χ1n) is 8.66. The molecule has 0 saturated carbocycles. The summed E-state index contributed by atoms with van der Waals surface area (Å²) in [5, 5.41) is 2.76. The molecule has 1 unspecified atom stereocenters. The minimum absolute atomic E-state index is 0.0782. The fourth-order valence-corrected chi connectivity index (χ4v) is 2.87. The minimum Gasteiger partial charge on any atom is -0.481 e. The Labute approximate surface area is 151 Å². The van der Waals surface area contributed by atoms with Gasteiger partial charge in [-0.15, -0.1) is 0 Å². The molecule has 3 rings (SSSR count). The van der Waals surface area contributed by atoms with E-state index in [0.717, 1.165) is 25.9 Å². The van der Waals surface area contributed by atoms with Crippen molar-refractivity contribution in [2.45, 2.75) is 25.9 Å². The first kappa shape index (κ1) is 17.9. The molecule has 2 aromatic carbocycles. The second-order valence-electron chi connectivity index (χ2n) is 6.25. The third-order valence-corrected chi connectivity index (χ3v) is 4.30. The number of hydrogen-bond acceptors (Lipinski definition) is 3. The van der Waals surface area contributed by atoms with Crippen LogP contribution in [-0.2, 0) is 4.79 Å². The lowest BCUT2D eigenvalue weighted by atomic mass is 10.1. The summed E-state index contributed by atoms with van der Waals surface area (Å²) in [6.45, 7) is 3.08. The molecule has 6 heteroatoms. The molecule has 0 aliphatic carbocycles. The van der Waals surface area contributed by atoms with Crippen molar-refractivity contribution >= 4 is 17.5 Å². The number of likely N-dealkylation sites (tertiary alicyclic amines) is 1. The van der Waals surface area contributed by atoms with Gasteiger partial charge >= 0.3 is 0 Å². The number of para-hydroxylation sites is 1. The average molecular weight is 356 g/mol. The topological polar surface area (TPSA) is 58.6 Å². The number of carbonyl (C=O) groups is 2. The number of hydrogen-bond donors (Lipinski definition) is 1. The Bertz CT molecular complexity index is 786. The predicted octanol–water partition coefficient (Wildman–Crippen LogP) is 3.47. The highest BCUT2D eigenvalue weighted by atomic mass is 19.1. The van der Waals surface area contributed by atoms with Crippen LogP contribution in [0.2, 0.25) is 0 Å². The smallest absolute Gasteiger partial charge is 0.265 e. The monoisotopic (exact) mass is 356 g/mol. The van der Waals surface area contributed by atoms with Gasteiger partial charge in [-0.1, -0.05) is 12.1 Å². The standard InChI is InChI=1S/C20H21FN2O3/c1-14(26-16-10-8-15(21)9-11-16)19(24)22-18-7-3-2-6-17(18)20(25)23-12-4-5-13-23/h2-3,6-11,14H,4-5,12-13H2,1H3,(H,22,24). The fourth-order valence-electron chi connectivity index (χ4n) is 2.87. The van der Waals surface area contributed by atoms with Gasteiger partial charge in [-0.2, -0.15) is 0 Å². The van der Waals surface area contributed by atoms with E-state index in [1.54, 1.807) is 36.1 Å². The van der Waals surface area contributed by atoms with Crippen LogP contribution in [0.25, 0.3) is 0 Å². The van der Waals surface area contributed by atoms with Crippen molar-refractivity contribution in [3.8, 4) is 5.75 Å². The predicted molar refractivity (Wildman–Crippen MR) is 96.7 cm³/mol. The van der Waals surface area contributed by atoms with E-state index in [-0.39, 0.29) is 17.6 Å². The van der Waals surface area contributed by atoms with Crippen molar-refractivity contribution in [3.05, 3.63) is 59.9 Å². The number of nitrogens with one attached hydrogen (secondary N) is 1. The maximum absolute atomic E-state index is 12.9. The summed E-state index contributed by atoms with van der Waals surface area (Å²) in [5.74, 6) is -0.430. The minimum atomic E-state index is -0.796. The van der Waals surface area contributed by atoms with Gasteiger partial charge in [0.1, 0.15) is 11.6 Å². The third kappa shape index (κ3) is 4.20. The summed E-state index contributed by atoms with van der Waals surface area (Å²) in [7, 11) is 0. The highest BCUT2D eigenvalue weighted by Gasteiger charge is 2.23. The molecule has 26 heavy (non-hydrogen) atoms. The number of amides is 2. The van der Waals surface area contributed by atoms with Gasteiger partial charge in [0.15, 0.2) is 6.10 Å². The molecule has 0 bridgehead atoms. The van der Waals surface area contributed by atoms with Crippen LogP contribution in [0.3, 0.4) is 0 Å². The Morgan fingerprint density at radius 2 is 1.73 bits per heavy atom. The van der Waals surface area contributed by atoms with Crippen molar-refractivity contribution < 1.29 is 18.7 Å². The Morgan fingerprint density at radius 1 is 1.08 bits per heavy atom. The second-order valence-corrected chi connectivity index (χ2v) is 6.25. The number of anilines is 1. The van der Waals surface area contributed by atoms with E-state index < -0.39 is 6.10 Å². The second kappa shape index (κ2) is 7.99. The van der Waals surface area contributed by atoms with Gasteiger partial charge < -0.3 is 15.0 Å².